The fourth-order valence-electron chi connectivity index (χ4n) is 3.50. The van der Waals surface area contributed by atoms with Crippen LogP contribution in [0.4, 0.5) is 5.69 Å². The Morgan fingerprint density at radius 3 is 2.34 bits per heavy atom. The van der Waals surface area contributed by atoms with Gasteiger partial charge in [0.05, 0.1) is 4.92 Å². The number of esters is 1. The molecule has 0 saturated carbocycles. The fraction of sp³-hybridized carbons (Fsp3) is 0.318. The lowest BCUT2D eigenvalue weighted by molar-refractivity contribution is -0.384. The van der Waals surface area contributed by atoms with Crippen molar-refractivity contribution in [2.24, 2.45) is 0 Å². The quantitative estimate of drug-likeness (QED) is 0.357. The predicted molar refractivity (Wildman–Crippen MR) is 108 cm³/mol. The average Bonchev–Trinajstić information content (AvgIpc) is 2.68. The molecular weight excluding hydrogens is 374 g/mol. The van der Waals surface area contributed by atoms with E-state index >= 15 is 0 Å². The first-order valence-corrected chi connectivity index (χ1v) is 9.18. The van der Waals surface area contributed by atoms with Crippen molar-refractivity contribution in [3.8, 4) is 11.5 Å². The number of rotatable bonds is 4. The van der Waals surface area contributed by atoms with E-state index in [1.807, 2.05) is 26.8 Å². The Morgan fingerprint density at radius 2 is 1.79 bits per heavy atom. The molecule has 1 heterocycles. The maximum atomic E-state index is 11.5. The van der Waals surface area contributed by atoms with E-state index in [9.17, 15) is 20.0 Å². The molecule has 7 heteroatoms. The summed E-state index contributed by atoms with van der Waals surface area (Å²) in [4.78, 5) is 21.8. The number of aliphatic hydroxyl groups is 1. The summed E-state index contributed by atoms with van der Waals surface area (Å²) in [5, 5.41) is 21.8. The van der Waals surface area contributed by atoms with Crippen LogP contribution in [0, 0.1) is 30.9 Å². The molecule has 0 spiro atoms. The molecule has 2 aromatic rings. The second-order valence-electron chi connectivity index (χ2n) is 7.41. The zero-order chi connectivity index (χ0) is 21.5. The maximum absolute atomic E-state index is 11.5. The Labute approximate surface area is 168 Å². The number of ether oxygens (including phenoxy) is 2. The van der Waals surface area contributed by atoms with Crippen molar-refractivity contribution in [1.82, 2.24) is 0 Å². The number of benzene rings is 2. The van der Waals surface area contributed by atoms with Crippen molar-refractivity contribution in [3.63, 3.8) is 0 Å². The van der Waals surface area contributed by atoms with Crippen LogP contribution in [0.1, 0.15) is 47.8 Å². The zero-order valence-electron chi connectivity index (χ0n) is 17.0. The van der Waals surface area contributed by atoms with Crippen LogP contribution in [-0.2, 0) is 4.79 Å². The molecule has 1 aliphatic heterocycles. The molecule has 1 N–H and O–H groups in total. The summed E-state index contributed by atoms with van der Waals surface area (Å²) in [6.07, 6.45) is 2.56. The number of aliphatic hydroxyl groups excluding tert-OH is 1. The third kappa shape index (κ3) is 3.61. The molecule has 0 fully saturated rings. The predicted octanol–water partition coefficient (Wildman–Crippen LogP) is 4.34. The maximum Gasteiger partial charge on any atom is 0.308 e. The minimum atomic E-state index is -1.07. The molecule has 1 aliphatic rings. The number of nitrogens with zero attached hydrogens (tertiary/aromatic N) is 1. The first kappa shape index (κ1) is 20.5. The molecule has 2 aromatic carbocycles. The Balaban J connectivity index is 2.00. The van der Waals surface area contributed by atoms with E-state index in [-0.39, 0.29) is 5.69 Å². The highest BCUT2D eigenvalue weighted by Gasteiger charge is 2.38. The lowest BCUT2D eigenvalue weighted by Gasteiger charge is -2.37. The number of non-ortho nitro benzene ring substituents is 1. The molecule has 3 rings (SSSR count). The number of nitro groups is 1. The molecule has 0 bridgehead atoms. The molecule has 0 aliphatic carbocycles. The topological polar surface area (TPSA) is 98.9 Å². The third-order valence-corrected chi connectivity index (χ3v) is 5.34. The van der Waals surface area contributed by atoms with Crippen LogP contribution in [0.2, 0.25) is 0 Å². The molecular formula is C22H23NO6. The summed E-state index contributed by atoms with van der Waals surface area (Å²) in [7, 11) is 0. The van der Waals surface area contributed by atoms with E-state index in [1.165, 1.54) is 31.2 Å². The summed E-state index contributed by atoms with van der Waals surface area (Å²) in [6.45, 7) is 8.69. The van der Waals surface area contributed by atoms with E-state index in [1.54, 1.807) is 13.0 Å². The Bertz CT molecular complexity index is 1020. The van der Waals surface area contributed by atoms with E-state index in [0.29, 0.717) is 17.1 Å². The van der Waals surface area contributed by atoms with Crippen LogP contribution < -0.4 is 9.47 Å². The summed E-state index contributed by atoms with van der Waals surface area (Å²) in [5.74, 6) is 0.734. The van der Waals surface area contributed by atoms with Gasteiger partial charge in [-0.05, 0) is 62.6 Å². The normalized spacial score (nSPS) is 18.6. The van der Waals surface area contributed by atoms with E-state index < -0.39 is 22.6 Å². The van der Waals surface area contributed by atoms with Crippen molar-refractivity contribution >= 4 is 17.7 Å². The van der Waals surface area contributed by atoms with Crippen molar-refractivity contribution in [1.29, 1.82) is 0 Å². The summed E-state index contributed by atoms with van der Waals surface area (Å²) >= 11 is 0. The van der Waals surface area contributed by atoms with E-state index in [2.05, 4.69) is 0 Å². The van der Waals surface area contributed by atoms with Crippen molar-refractivity contribution in [2.75, 3.05) is 0 Å². The van der Waals surface area contributed by atoms with Gasteiger partial charge < -0.3 is 14.6 Å². The fourth-order valence-corrected chi connectivity index (χ4v) is 3.50. The standard InChI is InChI=1S/C22H23NO6/c1-12-13(2)20-18(14(3)19(12)28-15(4)24)10-11-22(5,29-20)21(25)16-6-8-17(9-7-16)23(26)27/h6-11,21,25H,1-5H3. The Hall–Kier alpha value is -3.19. The van der Waals surface area contributed by atoms with Crippen LogP contribution in [0.25, 0.3) is 6.08 Å². The largest absolute Gasteiger partial charge is 0.479 e. The van der Waals surface area contributed by atoms with Gasteiger partial charge in [0.2, 0.25) is 0 Å². The smallest absolute Gasteiger partial charge is 0.308 e. The minimum absolute atomic E-state index is 0.0448. The lowest BCUT2D eigenvalue weighted by Crippen LogP contribution is -2.39. The minimum Gasteiger partial charge on any atom is -0.479 e. The highest BCUT2D eigenvalue weighted by Crippen LogP contribution is 2.45. The molecule has 2 atom stereocenters. The Morgan fingerprint density at radius 1 is 1.17 bits per heavy atom. The van der Waals surface area contributed by atoms with Gasteiger partial charge in [0.1, 0.15) is 17.6 Å². The molecule has 2 unspecified atom stereocenters. The zero-order valence-corrected chi connectivity index (χ0v) is 17.0. The number of fused-ring (bicyclic) bond motifs is 1. The SMILES string of the molecule is CC(=O)Oc1c(C)c(C)c2c(c1C)C=CC(C)(C(O)c1ccc([N+](=O)[O-])cc1)O2. The van der Waals surface area contributed by atoms with Gasteiger partial charge >= 0.3 is 5.97 Å². The van der Waals surface area contributed by atoms with Gasteiger partial charge in [-0.25, -0.2) is 0 Å². The molecule has 29 heavy (non-hydrogen) atoms. The van der Waals surface area contributed by atoms with Gasteiger partial charge in [-0.1, -0.05) is 6.08 Å². The van der Waals surface area contributed by atoms with Crippen LogP contribution in [0.15, 0.2) is 30.3 Å². The lowest BCUT2D eigenvalue weighted by atomic mass is 9.87. The number of hydrogen-bond acceptors (Lipinski definition) is 6. The van der Waals surface area contributed by atoms with Crippen LogP contribution in [0.3, 0.4) is 0 Å². The van der Waals surface area contributed by atoms with Gasteiger partial charge in [-0.2, -0.15) is 0 Å². The van der Waals surface area contributed by atoms with Crippen LogP contribution in [-0.4, -0.2) is 21.6 Å². The monoisotopic (exact) mass is 397 g/mol. The van der Waals surface area contributed by atoms with Gasteiger partial charge in [0, 0.05) is 30.2 Å². The van der Waals surface area contributed by atoms with E-state index in [0.717, 1.165) is 22.3 Å². The first-order valence-electron chi connectivity index (χ1n) is 9.18. The van der Waals surface area contributed by atoms with Gasteiger partial charge in [0.15, 0.2) is 5.60 Å². The van der Waals surface area contributed by atoms with Gasteiger partial charge in [-0.15, -0.1) is 0 Å². The Kier molecular flexibility index (Phi) is 5.19. The van der Waals surface area contributed by atoms with Crippen LogP contribution in [0.5, 0.6) is 11.5 Å². The molecule has 0 saturated heterocycles. The highest BCUT2D eigenvalue weighted by atomic mass is 16.6. The molecule has 152 valence electrons. The number of nitro benzene ring substituents is 1. The summed E-state index contributed by atoms with van der Waals surface area (Å²) < 4.78 is 11.6. The van der Waals surface area contributed by atoms with Crippen molar-refractivity contribution < 1.29 is 24.3 Å². The van der Waals surface area contributed by atoms with Crippen molar-refractivity contribution in [3.05, 3.63) is 68.3 Å². The highest BCUT2D eigenvalue weighted by molar-refractivity contribution is 5.76. The molecule has 0 amide bonds. The number of hydrogen-bond donors (Lipinski definition) is 1. The molecule has 0 aromatic heterocycles. The number of carbonyl (C=O) groups excluding carboxylic acids is 1. The summed E-state index contributed by atoms with van der Waals surface area (Å²) in [5.41, 5.74) is 2.56. The third-order valence-electron chi connectivity index (χ3n) is 5.34. The second kappa shape index (κ2) is 7.33. The second-order valence-corrected chi connectivity index (χ2v) is 7.41. The molecule has 7 nitrogen and oxygen atoms in total. The summed E-state index contributed by atoms with van der Waals surface area (Å²) in [6, 6.07) is 5.75. The van der Waals surface area contributed by atoms with Crippen molar-refractivity contribution in [2.45, 2.75) is 46.3 Å². The van der Waals surface area contributed by atoms with Gasteiger partial charge in [0.25, 0.3) is 5.69 Å². The number of carbonyl (C=O) groups is 1. The molecule has 0 radical (unpaired) electrons. The van der Waals surface area contributed by atoms with Gasteiger partial charge in [-0.3, -0.25) is 14.9 Å². The average molecular weight is 397 g/mol. The van der Waals surface area contributed by atoms with Crippen LogP contribution >= 0.6 is 0 Å². The first-order chi connectivity index (χ1) is 13.5. The van der Waals surface area contributed by atoms with E-state index in [4.69, 9.17) is 9.47 Å².